The van der Waals surface area contributed by atoms with Crippen molar-refractivity contribution in [1.82, 2.24) is 20.0 Å². The summed E-state index contributed by atoms with van der Waals surface area (Å²) in [6, 6.07) is 0. The molecule has 138 valence electrons. The van der Waals surface area contributed by atoms with E-state index in [1.165, 1.54) is 77.9 Å². The molecule has 1 N–H and O–H groups in total. The van der Waals surface area contributed by atoms with Crippen LogP contribution in [-0.2, 0) is 0 Å². The predicted molar refractivity (Wildman–Crippen MR) is 102 cm³/mol. The number of nitrogens with one attached hydrogen (secondary N) is 1. The van der Waals surface area contributed by atoms with Gasteiger partial charge >= 0.3 is 0 Å². The van der Waals surface area contributed by atoms with E-state index in [1.807, 2.05) is 0 Å². The molecular weight excluding hydrogens is 298 g/mol. The Morgan fingerprint density at radius 1 is 1.00 bits per heavy atom. The number of aliphatic imine (C=N–C) groups is 1. The van der Waals surface area contributed by atoms with Crippen LogP contribution in [0.25, 0.3) is 0 Å². The molecule has 3 fully saturated rings. The molecule has 0 aromatic heterocycles. The van der Waals surface area contributed by atoms with Crippen molar-refractivity contribution >= 4 is 5.96 Å². The van der Waals surface area contributed by atoms with Gasteiger partial charge in [0.25, 0.3) is 0 Å². The minimum Gasteiger partial charge on any atom is -0.357 e. The third-order valence-electron chi connectivity index (χ3n) is 5.86. The predicted octanol–water partition coefficient (Wildman–Crippen LogP) is 1.71. The van der Waals surface area contributed by atoms with Gasteiger partial charge in [0, 0.05) is 39.3 Å². The van der Waals surface area contributed by atoms with Gasteiger partial charge in [-0.15, -0.1) is 0 Å². The summed E-state index contributed by atoms with van der Waals surface area (Å²) in [6.07, 6.45) is 6.79. The van der Waals surface area contributed by atoms with Crippen molar-refractivity contribution < 1.29 is 0 Å². The van der Waals surface area contributed by atoms with Crippen molar-refractivity contribution in [3.8, 4) is 0 Å². The third kappa shape index (κ3) is 5.09. The van der Waals surface area contributed by atoms with Crippen molar-refractivity contribution in [2.75, 3.05) is 66.0 Å². The van der Waals surface area contributed by atoms with Crippen LogP contribution in [0.1, 0.15) is 39.0 Å². The first-order valence-electron chi connectivity index (χ1n) is 10.2. The molecule has 3 aliphatic rings. The largest absolute Gasteiger partial charge is 0.357 e. The Balaban J connectivity index is 1.49. The maximum Gasteiger partial charge on any atom is 0.193 e. The first-order chi connectivity index (χ1) is 11.7. The van der Waals surface area contributed by atoms with Gasteiger partial charge < -0.3 is 20.0 Å². The van der Waals surface area contributed by atoms with E-state index < -0.39 is 0 Å². The molecule has 0 saturated carbocycles. The highest BCUT2D eigenvalue weighted by molar-refractivity contribution is 5.80. The molecule has 3 rings (SSSR count). The first kappa shape index (κ1) is 18.0. The molecule has 5 heteroatoms. The van der Waals surface area contributed by atoms with Gasteiger partial charge in [-0.1, -0.05) is 0 Å². The summed E-state index contributed by atoms with van der Waals surface area (Å²) in [5.41, 5.74) is 0. The van der Waals surface area contributed by atoms with Crippen LogP contribution >= 0.6 is 0 Å². The van der Waals surface area contributed by atoms with E-state index in [2.05, 4.69) is 34.0 Å². The highest BCUT2D eigenvalue weighted by Crippen LogP contribution is 2.20. The molecule has 5 nitrogen and oxygen atoms in total. The van der Waals surface area contributed by atoms with Crippen LogP contribution in [0, 0.1) is 11.8 Å². The summed E-state index contributed by atoms with van der Waals surface area (Å²) in [5, 5.41) is 3.54. The topological polar surface area (TPSA) is 34.1 Å². The molecule has 3 heterocycles. The Bertz CT molecular complexity index is 405. The summed E-state index contributed by atoms with van der Waals surface area (Å²) >= 11 is 0. The Hall–Kier alpha value is -0.810. The molecule has 24 heavy (non-hydrogen) atoms. The van der Waals surface area contributed by atoms with E-state index in [-0.39, 0.29) is 0 Å². The number of hydrogen-bond acceptors (Lipinski definition) is 3. The third-order valence-corrected chi connectivity index (χ3v) is 5.86. The van der Waals surface area contributed by atoms with Crippen molar-refractivity contribution in [1.29, 1.82) is 0 Å². The second-order valence-corrected chi connectivity index (χ2v) is 8.07. The van der Waals surface area contributed by atoms with E-state index in [0.717, 1.165) is 30.9 Å². The minimum absolute atomic E-state index is 0.736. The van der Waals surface area contributed by atoms with Crippen LogP contribution in [-0.4, -0.2) is 86.6 Å². The first-order valence-corrected chi connectivity index (χ1v) is 10.2. The zero-order valence-electron chi connectivity index (χ0n) is 15.8. The Kier molecular flexibility index (Phi) is 6.78. The van der Waals surface area contributed by atoms with Gasteiger partial charge in [0.2, 0.25) is 0 Å². The normalized spacial score (nSPS) is 30.2. The summed E-state index contributed by atoms with van der Waals surface area (Å²) in [5.74, 6) is 2.72. The van der Waals surface area contributed by atoms with Crippen LogP contribution < -0.4 is 5.32 Å². The summed E-state index contributed by atoms with van der Waals surface area (Å²) in [7, 11) is 2.24. The van der Waals surface area contributed by atoms with Gasteiger partial charge in [-0.25, -0.2) is 0 Å². The van der Waals surface area contributed by atoms with Crippen LogP contribution in [0.15, 0.2) is 4.99 Å². The Morgan fingerprint density at radius 2 is 1.83 bits per heavy atom. The molecule has 2 atom stereocenters. The van der Waals surface area contributed by atoms with E-state index in [9.17, 15) is 0 Å². The lowest BCUT2D eigenvalue weighted by Crippen LogP contribution is -2.41. The number of nitrogens with zero attached hydrogens (tertiary/aromatic N) is 4. The molecule has 0 spiro atoms. The molecular formula is C19H37N5. The zero-order valence-corrected chi connectivity index (χ0v) is 15.8. The average Bonchev–Trinajstić information content (AvgIpc) is 3.24. The van der Waals surface area contributed by atoms with Crippen LogP contribution in [0.3, 0.4) is 0 Å². The number of likely N-dealkylation sites (tertiary alicyclic amines) is 3. The monoisotopic (exact) mass is 335 g/mol. The lowest BCUT2D eigenvalue weighted by Gasteiger charge is -2.29. The quantitative estimate of drug-likeness (QED) is 0.613. The van der Waals surface area contributed by atoms with Crippen molar-refractivity contribution in [2.24, 2.45) is 16.8 Å². The fourth-order valence-corrected chi connectivity index (χ4v) is 4.57. The van der Waals surface area contributed by atoms with Gasteiger partial charge in [-0.3, -0.25) is 4.99 Å². The molecule has 0 aromatic carbocycles. The number of guanidine groups is 1. The lowest BCUT2D eigenvalue weighted by atomic mass is 9.99. The van der Waals surface area contributed by atoms with E-state index in [0.29, 0.717) is 0 Å². The van der Waals surface area contributed by atoms with Gasteiger partial charge in [0.1, 0.15) is 0 Å². The molecule has 2 unspecified atom stereocenters. The average molecular weight is 336 g/mol. The smallest absolute Gasteiger partial charge is 0.193 e. The van der Waals surface area contributed by atoms with Crippen molar-refractivity contribution in [3.63, 3.8) is 0 Å². The van der Waals surface area contributed by atoms with Gasteiger partial charge in [0.05, 0.1) is 0 Å². The number of rotatable bonds is 5. The van der Waals surface area contributed by atoms with Gasteiger partial charge in [-0.05, 0) is 77.5 Å². The van der Waals surface area contributed by atoms with Crippen molar-refractivity contribution in [2.45, 2.75) is 39.0 Å². The summed E-state index contributed by atoms with van der Waals surface area (Å²) < 4.78 is 0. The van der Waals surface area contributed by atoms with E-state index in [1.54, 1.807) is 0 Å². The molecule has 0 aliphatic carbocycles. The SMILES string of the molecule is CCNC(=NCC1CCCN(C)C1)N1CCC(CN2CCCC2)C1. The highest BCUT2D eigenvalue weighted by Gasteiger charge is 2.27. The van der Waals surface area contributed by atoms with Crippen molar-refractivity contribution in [3.05, 3.63) is 0 Å². The van der Waals surface area contributed by atoms with Gasteiger partial charge in [-0.2, -0.15) is 0 Å². The van der Waals surface area contributed by atoms with E-state index >= 15 is 0 Å². The fourth-order valence-electron chi connectivity index (χ4n) is 4.57. The molecule has 0 radical (unpaired) electrons. The Morgan fingerprint density at radius 3 is 2.58 bits per heavy atom. The Labute approximate surface area is 148 Å². The second-order valence-electron chi connectivity index (χ2n) is 8.07. The second kappa shape index (κ2) is 9.04. The highest BCUT2D eigenvalue weighted by atomic mass is 15.3. The van der Waals surface area contributed by atoms with Crippen LogP contribution in [0.4, 0.5) is 0 Å². The zero-order chi connectivity index (χ0) is 16.8. The molecule has 3 aliphatic heterocycles. The lowest BCUT2D eigenvalue weighted by molar-refractivity contribution is 0.214. The molecule has 0 amide bonds. The minimum atomic E-state index is 0.736. The van der Waals surface area contributed by atoms with Gasteiger partial charge in [0.15, 0.2) is 5.96 Å². The fraction of sp³-hybridized carbons (Fsp3) is 0.947. The number of piperidine rings is 1. The van der Waals surface area contributed by atoms with Crippen LogP contribution in [0.5, 0.6) is 0 Å². The standard InChI is InChI=1S/C19H37N5/c1-3-20-19(21-13-17-7-6-9-22(2)14-17)24-12-8-18(16-24)15-23-10-4-5-11-23/h17-18H,3-16H2,1-2H3,(H,20,21). The summed E-state index contributed by atoms with van der Waals surface area (Å²) in [6.45, 7) is 12.9. The van der Waals surface area contributed by atoms with E-state index in [4.69, 9.17) is 4.99 Å². The maximum absolute atomic E-state index is 5.01. The number of hydrogen-bond donors (Lipinski definition) is 1. The summed E-state index contributed by atoms with van der Waals surface area (Å²) in [4.78, 5) is 12.6. The molecule has 0 aromatic rings. The molecule has 3 saturated heterocycles. The maximum atomic E-state index is 5.01. The van der Waals surface area contributed by atoms with Crippen LogP contribution in [0.2, 0.25) is 0 Å². The molecule has 0 bridgehead atoms.